The van der Waals surface area contributed by atoms with Gasteiger partial charge in [-0.25, -0.2) is 4.98 Å². The molecule has 36 heavy (non-hydrogen) atoms. The molecule has 1 saturated heterocycles. The van der Waals surface area contributed by atoms with E-state index in [1.807, 2.05) is 24.4 Å². The van der Waals surface area contributed by atoms with Crippen LogP contribution in [0.4, 0.5) is 5.13 Å². The van der Waals surface area contributed by atoms with Gasteiger partial charge in [-0.15, -0.1) is 11.3 Å². The topological polar surface area (TPSA) is 60.0 Å². The maximum atomic E-state index is 5.95. The Bertz CT molecular complexity index is 1260. The molecule has 0 radical (unpaired) electrons. The first-order chi connectivity index (χ1) is 17.8. The molecule has 5 rings (SSSR count). The van der Waals surface area contributed by atoms with Gasteiger partial charge in [0.05, 0.1) is 44.7 Å². The minimum Gasteiger partial charge on any atom is -0.497 e. The standard InChI is InChI=1S/C28H32N4O3S/c1-33-26-6-2-4-22(17-26)18-32(19-23-7-8-27-24(16-23)5-3-9-29-27)28-30-25(21-36-28)20-35-15-12-31-10-13-34-14-11-31/h2-9,16-17,21H,10-15,18-20H2,1H3. The lowest BCUT2D eigenvalue weighted by atomic mass is 10.1. The zero-order valence-electron chi connectivity index (χ0n) is 20.6. The number of anilines is 1. The maximum Gasteiger partial charge on any atom is 0.186 e. The van der Waals surface area contributed by atoms with Crippen LogP contribution >= 0.6 is 11.3 Å². The van der Waals surface area contributed by atoms with Crippen molar-refractivity contribution in [1.82, 2.24) is 14.9 Å². The summed E-state index contributed by atoms with van der Waals surface area (Å²) in [6, 6.07) is 18.7. The second kappa shape index (κ2) is 12.3. The second-order valence-electron chi connectivity index (χ2n) is 8.87. The van der Waals surface area contributed by atoms with Crippen LogP contribution in [-0.2, 0) is 29.2 Å². The summed E-state index contributed by atoms with van der Waals surface area (Å²) in [5, 5.41) is 4.23. The lowest BCUT2D eigenvalue weighted by Gasteiger charge is -2.26. The van der Waals surface area contributed by atoms with Gasteiger partial charge in [-0.05, 0) is 41.5 Å². The van der Waals surface area contributed by atoms with E-state index in [-0.39, 0.29) is 0 Å². The van der Waals surface area contributed by atoms with Crippen LogP contribution in [0.3, 0.4) is 0 Å². The Morgan fingerprint density at radius 2 is 1.89 bits per heavy atom. The highest BCUT2D eigenvalue weighted by molar-refractivity contribution is 7.13. The minimum absolute atomic E-state index is 0.523. The Morgan fingerprint density at radius 1 is 1.03 bits per heavy atom. The first-order valence-corrected chi connectivity index (χ1v) is 13.2. The zero-order chi connectivity index (χ0) is 24.6. The fraction of sp³-hybridized carbons (Fsp3) is 0.357. The number of hydrogen-bond acceptors (Lipinski definition) is 8. The van der Waals surface area contributed by atoms with Crippen molar-refractivity contribution in [2.24, 2.45) is 0 Å². The van der Waals surface area contributed by atoms with Crippen LogP contribution in [0, 0.1) is 0 Å². The number of nitrogens with zero attached hydrogens (tertiary/aromatic N) is 4. The Morgan fingerprint density at radius 3 is 2.75 bits per heavy atom. The van der Waals surface area contributed by atoms with Gasteiger partial charge in [-0.1, -0.05) is 24.3 Å². The molecule has 1 aliphatic rings. The molecule has 0 aliphatic carbocycles. The number of methoxy groups -OCH3 is 1. The highest BCUT2D eigenvalue weighted by Crippen LogP contribution is 2.27. The number of fused-ring (bicyclic) bond motifs is 1. The van der Waals surface area contributed by atoms with Crippen molar-refractivity contribution in [1.29, 1.82) is 0 Å². The summed E-state index contributed by atoms with van der Waals surface area (Å²) < 4.78 is 16.8. The molecule has 0 unspecified atom stereocenters. The number of morpholine rings is 1. The van der Waals surface area contributed by atoms with E-state index in [0.29, 0.717) is 13.2 Å². The number of rotatable bonds is 11. The van der Waals surface area contributed by atoms with Crippen LogP contribution in [0.15, 0.2) is 66.2 Å². The smallest absolute Gasteiger partial charge is 0.186 e. The second-order valence-corrected chi connectivity index (χ2v) is 9.70. The molecule has 7 nitrogen and oxygen atoms in total. The van der Waals surface area contributed by atoms with Crippen LogP contribution in [0.2, 0.25) is 0 Å². The molecule has 0 bridgehead atoms. The predicted molar refractivity (Wildman–Crippen MR) is 144 cm³/mol. The van der Waals surface area contributed by atoms with Gasteiger partial charge in [-0.3, -0.25) is 9.88 Å². The van der Waals surface area contributed by atoms with E-state index < -0.39 is 0 Å². The predicted octanol–water partition coefficient (Wildman–Crippen LogP) is 4.76. The van der Waals surface area contributed by atoms with Gasteiger partial charge in [0.2, 0.25) is 0 Å². The molecule has 0 amide bonds. The summed E-state index contributed by atoms with van der Waals surface area (Å²) in [7, 11) is 1.70. The molecule has 2 aromatic heterocycles. The van der Waals surface area contributed by atoms with Crippen molar-refractivity contribution >= 4 is 27.4 Å². The summed E-state index contributed by atoms with van der Waals surface area (Å²) in [5.41, 5.74) is 4.37. The van der Waals surface area contributed by atoms with Gasteiger partial charge < -0.3 is 19.1 Å². The molecule has 1 fully saturated rings. The molecule has 0 N–H and O–H groups in total. The number of benzene rings is 2. The third-order valence-corrected chi connectivity index (χ3v) is 7.21. The summed E-state index contributed by atoms with van der Waals surface area (Å²) >= 11 is 1.66. The van der Waals surface area contributed by atoms with Crippen LogP contribution in [0.1, 0.15) is 16.8 Å². The molecule has 0 spiro atoms. The molecular weight excluding hydrogens is 472 g/mol. The van der Waals surface area contributed by atoms with E-state index in [1.165, 1.54) is 11.1 Å². The van der Waals surface area contributed by atoms with Gasteiger partial charge in [0.1, 0.15) is 5.75 Å². The van der Waals surface area contributed by atoms with Crippen LogP contribution in [-0.4, -0.2) is 61.4 Å². The summed E-state index contributed by atoms with van der Waals surface area (Å²) in [6.45, 7) is 7.21. The lowest BCUT2D eigenvalue weighted by Crippen LogP contribution is -2.38. The highest BCUT2D eigenvalue weighted by Gasteiger charge is 2.15. The first-order valence-electron chi connectivity index (χ1n) is 12.3. The SMILES string of the molecule is COc1cccc(CN(Cc2ccc3ncccc3c2)c2nc(COCCN3CCOCC3)cs2)c1. The van der Waals surface area contributed by atoms with Gasteiger partial charge >= 0.3 is 0 Å². The first kappa shape index (κ1) is 24.6. The fourth-order valence-electron chi connectivity index (χ4n) is 4.33. The molecule has 0 saturated carbocycles. The third-order valence-electron chi connectivity index (χ3n) is 6.26. The van der Waals surface area contributed by atoms with Crippen molar-refractivity contribution in [3.8, 4) is 5.75 Å². The Labute approximate surface area is 216 Å². The average Bonchev–Trinajstić information content (AvgIpc) is 3.40. The van der Waals surface area contributed by atoms with E-state index in [0.717, 1.165) is 73.4 Å². The number of thiazole rings is 1. The van der Waals surface area contributed by atoms with Crippen molar-refractivity contribution in [2.75, 3.05) is 51.5 Å². The Balaban J connectivity index is 1.28. The lowest BCUT2D eigenvalue weighted by molar-refractivity contribution is 0.0177. The molecule has 3 heterocycles. The normalized spacial score (nSPS) is 14.2. The summed E-state index contributed by atoms with van der Waals surface area (Å²) in [5.74, 6) is 0.859. The maximum absolute atomic E-state index is 5.95. The molecule has 188 valence electrons. The molecular formula is C28H32N4O3S. The van der Waals surface area contributed by atoms with Gasteiger partial charge in [0.25, 0.3) is 0 Å². The van der Waals surface area contributed by atoms with E-state index >= 15 is 0 Å². The van der Waals surface area contributed by atoms with E-state index in [4.69, 9.17) is 19.2 Å². The highest BCUT2D eigenvalue weighted by atomic mass is 32.1. The van der Waals surface area contributed by atoms with Crippen molar-refractivity contribution in [3.63, 3.8) is 0 Å². The number of aromatic nitrogens is 2. The monoisotopic (exact) mass is 504 g/mol. The van der Waals surface area contributed by atoms with E-state index in [9.17, 15) is 0 Å². The zero-order valence-corrected chi connectivity index (χ0v) is 21.5. The summed E-state index contributed by atoms with van der Waals surface area (Å²) in [4.78, 5) is 14.1. The van der Waals surface area contributed by atoms with Crippen molar-refractivity contribution < 1.29 is 14.2 Å². The molecule has 8 heteroatoms. The molecule has 4 aromatic rings. The Hall–Kier alpha value is -3.04. The van der Waals surface area contributed by atoms with Crippen molar-refractivity contribution in [3.05, 3.63) is 83.0 Å². The molecule has 1 aliphatic heterocycles. The molecule has 2 aromatic carbocycles. The average molecular weight is 505 g/mol. The van der Waals surface area contributed by atoms with E-state index in [2.05, 4.69) is 56.6 Å². The van der Waals surface area contributed by atoms with Gasteiger partial charge in [-0.2, -0.15) is 0 Å². The van der Waals surface area contributed by atoms with Gasteiger partial charge in [0.15, 0.2) is 5.13 Å². The van der Waals surface area contributed by atoms with Crippen LogP contribution in [0.25, 0.3) is 10.9 Å². The number of hydrogen-bond donors (Lipinski definition) is 0. The third kappa shape index (κ3) is 6.59. The molecule has 0 atom stereocenters. The van der Waals surface area contributed by atoms with Crippen LogP contribution < -0.4 is 9.64 Å². The number of pyridine rings is 1. The quantitative estimate of drug-likeness (QED) is 0.273. The number of ether oxygens (including phenoxy) is 3. The van der Waals surface area contributed by atoms with Crippen LogP contribution in [0.5, 0.6) is 5.75 Å². The fourth-order valence-corrected chi connectivity index (χ4v) is 5.14. The minimum atomic E-state index is 0.523. The largest absolute Gasteiger partial charge is 0.497 e. The Kier molecular flexibility index (Phi) is 8.40. The van der Waals surface area contributed by atoms with Crippen molar-refractivity contribution in [2.45, 2.75) is 19.7 Å². The van der Waals surface area contributed by atoms with Gasteiger partial charge in [0, 0.05) is 49.7 Å². The summed E-state index contributed by atoms with van der Waals surface area (Å²) in [6.07, 6.45) is 1.83. The van der Waals surface area contributed by atoms with E-state index in [1.54, 1.807) is 18.4 Å².